The van der Waals surface area contributed by atoms with Crippen LogP contribution in [-0.4, -0.2) is 26.0 Å². The number of benzene rings is 2. The molecule has 2 rings (SSSR count). The molecule has 5 nitrogen and oxygen atoms in total. The summed E-state index contributed by atoms with van der Waals surface area (Å²) in [5, 5.41) is 9.31. The highest BCUT2D eigenvalue weighted by molar-refractivity contribution is 9.10. The minimum atomic E-state index is -4.26. The van der Waals surface area contributed by atoms with E-state index in [9.17, 15) is 17.6 Å². The van der Waals surface area contributed by atoms with E-state index >= 15 is 0 Å². The van der Waals surface area contributed by atoms with E-state index in [1.165, 1.54) is 36.4 Å². The van der Waals surface area contributed by atoms with E-state index in [1.54, 1.807) is 0 Å². The molecule has 0 unspecified atom stereocenters. The highest BCUT2D eigenvalue weighted by Gasteiger charge is 2.29. The molecule has 0 aliphatic rings. The molecule has 0 atom stereocenters. The topological polar surface area (TPSA) is 74.7 Å². The minimum Gasteiger partial charge on any atom is -0.480 e. The third-order valence-electron chi connectivity index (χ3n) is 2.86. The quantitative estimate of drug-likeness (QED) is 0.800. The number of nitrogens with zero attached hydrogens (tertiary/aromatic N) is 1. The van der Waals surface area contributed by atoms with Crippen LogP contribution >= 0.6 is 27.5 Å². The van der Waals surface area contributed by atoms with Gasteiger partial charge in [-0.1, -0.05) is 27.5 Å². The van der Waals surface area contributed by atoms with E-state index in [0.29, 0.717) is 13.8 Å². The summed E-state index contributed by atoms with van der Waals surface area (Å²) in [4.78, 5) is 10.8. The minimum absolute atomic E-state index is 0.189. The van der Waals surface area contributed by atoms with Crippen molar-refractivity contribution in [2.45, 2.75) is 4.90 Å². The number of anilines is 1. The molecule has 2 aromatic rings. The Morgan fingerprint density at radius 3 is 2.35 bits per heavy atom. The summed E-state index contributed by atoms with van der Waals surface area (Å²) < 4.78 is 40.3. The molecule has 0 amide bonds. The first-order chi connectivity index (χ1) is 10.7. The molecule has 9 heteroatoms. The molecule has 0 radical (unpaired) electrons. The summed E-state index contributed by atoms with van der Waals surface area (Å²) in [7, 11) is -4.26. The highest BCUT2D eigenvalue weighted by Crippen LogP contribution is 2.28. The van der Waals surface area contributed by atoms with Gasteiger partial charge < -0.3 is 5.11 Å². The number of halogens is 3. The predicted molar refractivity (Wildman–Crippen MR) is 87.7 cm³/mol. The first-order valence-corrected chi connectivity index (χ1v) is 8.78. The van der Waals surface area contributed by atoms with E-state index in [1.807, 2.05) is 0 Å². The molecule has 0 aliphatic heterocycles. The lowest BCUT2D eigenvalue weighted by Crippen LogP contribution is -2.36. The normalized spacial score (nSPS) is 11.3. The van der Waals surface area contributed by atoms with Gasteiger partial charge in [0.25, 0.3) is 10.0 Å². The van der Waals surface area contributed by atoms with Crippen molar-refractivity contribution in [3.05, 3.63) is 57.8 Å². The van der Waals surface area contributed by atoms with Crippen LogP contribution in [0.5, 0.6) is 0 Å². The average Bonchev–Trinajstić information content (AvgIpc) is 2.45. The van der Waals surface area contributed by atoms with Crippen LogP contribution in [0.1, 0.15) is 0 Å². The van der Waals surface area contributed by atoms with Crippen LogP contribution in [0, 0.1) is 5.82 Å². The van der Waals surface area contributed by atoms with Crippen LogP contribution in [0.15, 0.2) is 51.8 Å². The zero-order valence-electron chi connectivity index (χ0n) is 11.4. The number of hydrogen-bond acceptors (Lipinski definition) is 3. The Kier molecular flexibility index (Phi) is 5.28. The van der Waals surface area contributed by atoms with Crippen molar-refractivity contribution < 1.29 is 22.7 Å². The van der Waals surface area contributed by atoms with Gasteiger partial charge in [0.05, 0.1) is 10.6 Å². The Labute approximate surface area is 145 Å². The fourth-order valence-electron chi connectivity index (χ4n) is 1.84. The number of carbonyl (C=O) groups is 1. The molecule has 0 fully saturated rings. The Morgan fingerprint density at radius 2 is 1.83 bits per heavy atom. The van der Waals surface area contributed by atoms with E-state index in [0.717, 1.165) is 6.07 Å². The van der Waals surface area contributed by atoms with Crippen LogP contribution < -0.4 is 4.31 Å². The van der Waals surface area contributed by atoms with Crippen LogP contribution in [-0.2, 0) is 14.8 Å². The van der Waals surface area contributed by atoms with Gasteiger partial charge in [0.15, 0.2) is 0 Å². The van der Waals surface area contributed by atoms with Gasteiger partial charge in [-0.2, -0.15) is 0 Å². The van der Waals surface area contributed by atoms with E-state index < -0.39 is 28.4 Å². The Morgan fingerprint density at radius 1 is 1.22 bits per heavy atom. The number of carboxylic acid groups (broad SMARTS) is 1. The van der Waals surface area contributed by atoms with E-state index in [4.69, 9.17) is 16.7 Å². The van der Waals surface area contributed by atoms with Crippen molar-refractivity contribution >= 4 is 49.2 Å². The van der Waals surface area contributed by atoms with Gasteiger partial charge in [0, 0.05) is 9.50 Å². The number of carboxylic acids is 1. The van der Waals surface area contributed by atoms with Crippen LogP contribution in [0.25, 0.3) is 0 Å². The Balaban J connectivity index is 2.57. The van der Waals surface area contributed by atoms with Crippen LogP contribution in [0.4, 0.5) is 10.1 Å². The van der Waals surface area contributed by atoms with Crippen molar-refractivity contribution in [1.29, 1.82) is 0 Å². The zero-order valence-corrected chi connectivity index (χ0v) is 14.6. The lowest BCUT2D eigenvalue weighted by Gasteiger charge is -2.23. The summed E-state index contributed by atoms with van der Waals surface area (Å²) in [5.41, 5.74) is -0.356. The summed E-state index contributed by atoms with van der Waals surface area (Å²) in [6, 6.07) is 8.82. The molecule has 0 heterocycles. The SMILES string of the molecule is O=C(O)CN(c1ccc(Br)cc1F)S(=O)(=O)c1ccc(Cl)cc1. The number of rotatable bonds is 5. The van der Waals surface area contributed by atoms with Crippen molar-refractivity contribution in [2.24, 2.45) is 0 Å². The summed E-state index contributed by atoms with van der Waals surface area (Å²) in [5.74, 6) is -2.27. The van der Waals surface area contributed by atoms with Gasteiger partial charge in [-0.05, 0) is 42.5 Å². The molecule has 0 aliphatic carbocycles. The molecule has 2 aromatic carbocycles. The molecule has 122 valence electrons. The number of sulfonamides is 1. The van der Waals surface area contributed by atoms with Gasteiger partial charge >= 0.3 is 5.97 Å². The third kappa shape index (κ3) is 4.01. The molecular weight excluding hydrogens is 413 g/mol. The van der Waals surface area contributed by atoms with Gasteiger partial charge in [-0.25, -0.2) is 12.8 Å². The molecule has 0 bridgehead atoms. The smallest absolute Gasteiger partial charge is 0.324 e. The van der Waals surface area contributed by atoms with E-state index in [-0.39, 0.29) is 10.6 Å². The highest BCUT2D eigenvalue weighted by atomic mass is 79.9. The third-order valence-corrected chi connectivity index (χ3v) is 5.38. The number of hydrogen-bond donors (Lipinski definition) is 1. The zero-order chi connectivity index (χ0) is 17.2. The summed E-state index contributed by atoms with van der Waals surface area (Å²) >= 11 is 8.78. The fourth-order valence-corrected chi connectivity index (χ4v) is 3.72. The molecule has 0 spiro atoms. The maximum atomic E-state index is 14.1. The monoisotopic (exact) mass is 421 g/mol. The maximum absolute atomic E-state index is 14.1. The van der Waals surface area contributed by atoms with Gasteiger partial charge in [0.1, 0.15) is 12.4 Å². The van der Waals surface area contributed by atoms with Gasteiger partial charge in [-0.15, -0.1) is 0 Å². The van der Waals surface area contributed by atoms with Crippen molar-refractivity contribution in [3.8, 4) is 0 Å². The standard InChI is InChI=1S/C14H10BrClFNO4S/c15-9-1-6-13(12(17)7-9)18(8-14(19)20)23(21,22)11-4-2-10(16)3-5-11/h1-7H,8H2,(H,19,20). The van der Waals surface area contributed by atoms with Crippen molar-refractivity contribution in [1.82, 2.24) is 0 Å². The Bertz CT molecular complexity index is 842. The molecular formula is C14H10BrClFNO4S. The first-order valence-electron chi connectivity index (χ1n) is 6.17. The van der Waals surface area contributed by atoms with Crippen molar-refractivity contribution in [3.63, 3.8) is 0 Å². The van der Waals surface area contributed by atoms with Gasteiger partial charge in [-0.3, -0.25) is 9.10 Å². The summed E-state index contributed by atoms with van der Waals surface area (Å²) in [6.45, 7) is -0.913. The molecule has 1 N–H and O–H groups in total. The summed E-state index contributed by atoms with van der Waals surface area (Å²) in [6.07, 6.45) is 0. The molecule has 0 saturated carbocycles. The Hall–Kier alpha value is -1.64. The largest absolute Gasteiger partial charge is 0.480 e. The van der Waals surface area contributed by atoms with Crippen molar-refractivity contribution in [2.75, 3.05) is 10.8 Å². The van der Waals surface area contributed by atoms with Crippen LogP contribution in [0.2, 0.25) is 5.02 Å². The average molecular weight is 423 g/mol. The number of aliphatic carboxylic acids is 1. The molecule has 23 heavy (non-hydrogen) atoms. The predicted octanol–water partition coefficient (Wildman–Crippen LogP) is 3.52. The van der Waals surface area contributed by atoms with E-state index in [2.05, 4.69) is 15.9 Å². The second-order valence-corrected chi connectivity index (χ2v) is 7.67. The lowest BCUT2D eigenvalue weighted by atomic mass is 10.3. The second kappa shape index (κ2) is 6.86. The second-order valence-electron chi connectivity index (χ2n) is 4.46. The maximum Gasteiger partial charge on any atom is 0.324 e. The lowest BCUT2D eigenvalue weighted by molar-refractivity contribution is -0.135. The fraction of sp³-hybridized carbons (Fsp3) is 0.0714. The molecule has 0 saturated heterocycles. The van der Waals surface area contributed by atoms with Crippen LogP contribution in [0.3, 0.4) is 0 Å². The van der Waals surface area contributed by atoms with Gasteiger partial charge in [0.2, 0.25) is 0 Å². The first kappa shape index (κ1) is 17.7. The molecule has 0 aromatic heterocycles.